The van der Waals surface area contributed by atoms with Crippen LogP contribution in [0, 0.1) is 0 Å². The maximum absolute atomic E-state index is 12.8. The van der Waals surface area contributed by atoms with E-state index in [1.54, 1.807) is 46.4 Å². The van der Waals surface area contributed by atoms with Crippen LogP contribution in [0.25, 0.3) is 0 Å². The molecule has 0 aromatic heterocycles. The molecule has 0 radical (unpaired) electrons. The monoisotopic (exact) mass is 478 g/mol. The van der Waals surface area contributed by atoms with Gasteiger partial charge in [-0.15, -0.1) is 0 Å². The minimum Gasteiger partial charge on any atom is -0.458 e. The molecule has 1 aliphatic heterocycles. The number of hydrogen-bond donors (Lipinski definition) is 1. The Kier molecular flexibility index (Phi) is 8.82. The zero-order chi connectivity index (χ0) is 24.8. The summed E-state index contributed by atoms with van der Waals surface area (Å²) in [7, 11) is 0. The van der Waals surface area contributed by atoms with Crippen molar-refractivity contribution in [1.82, 2.24) is 10.2 Å². The van der Waals surface area contributed by atoms with E-state index in [-0.39, 0.29) is 19.0 Å². The molecule has 1 amide bonds. The minimum atomic E-state index is -1.06. The van der Waals surface area contributed by atoms with Gasteiger partial charge in [-0.1, -0.05) is 42.5 Å². The number of carbonyl (C=O) groups is 3. The lowest BCUT2D eigenvalue weighted by Crippen LogP contribution is -2.57. The fourth-order valence-corrected chi connectivity index (χ4v) is 3.45. The van der Waals surface area contributed by atoms with E-state index in [2.05, 4.69) is 5.32 Å². The van der Waals surface area contributed by atoms with Gasteiger partial charge < -0.3 is 24.4 Å². The maximum atomic E-state index is 12.8. The average molecular weight is 479 g/mol. The molecule has 9 heteroatoms. The van der Waals surface area contributed by atoms with Crippen molar-refractivity contribution >= 4 is 35.2 Å². The summed E-state index contributed by atoms with van der Waals surface area (Å²) in [4.78, 5) is 39.7. The van der Waals surface area contributed by atoms with Crippen molar-refractivity contribution in [2.75, 3.05) is 6.54 Å². The van der Waals surface area contributed by atoms with Crippen LogP contribution in [0.15, 0.2) is 30.3 Å². The number of hydrogen-bond acceptors (Lipinski definition) is 7. The van der Waals surface area contributed by atoms with Crippen LogP contribution in [-0.2, 0) is 30.4 Å². The van der Waals surface area contributed by atoms with Crippen molar-refractivity contribution < 1.29 is 28.6 Å². The highest BCUT2D eigenvalue weighted by molar-refractivity contribution is 7.80. The predicted octanol–water partition coefficient (Wildman–Crippen LogP) is 3.76. The van der Waals surface area contributed by atoms with Crippen LogP contribution in [0.2, 0.25) is 0 Å². The van der Waals surface area contributed by atoms with Gasteiger partial charge in [0, 0.05) is 13.0 Å². The molecule has 1 fully saturated rings. The standard InChI is InChI=1S/C24H34N2O6S/c1-23(2,3)31-20(27)17(25-22(29)30-15-16-10-8-7-9-11-16)14-19(33)26-13-12-18(26)21(28)32-24(4,5)6/h7-11,17-18H,12-15H2,1-6H3,(H,25,29)/t17-,18-/m0/s1. The highest BCUT2D eigenvalue weighted by atomic mass is 32.1. The number of esters is 2. The summed E-state index contributed by atoms with van der Waals surface area (Å²) >= 11 is 5.51. The minimum absolute atomic E-state index is 0.00395. The average Bonchev–Trinajstić information content (AvgIpc) is 2.62. The van der Waals surface area contributed by atoms with Gasteiger partial charge in [0.15, 0.2) is 0 Å². The van der Waals surface area contributed by atoms with Gasteiger partial charge in [-0.25, -0.2) is 14.4 Å². The zero-order valence-electron chi connectivity index (χ0n) is 20.2. The lowest BCUT2D eigenvalue weighted by Gasteiger charge is -2.42. The molecule has 33 heavy (non-hydrogen) atoms. The molecule has 0 bridgehead atoms. The smallest absolute Gasteiger partial charge is 0.408 e. The van der Waals surface area contributed by atoms with Crippen molar-refractivity contribution in [3.05, 3.63) is 35.9 Å². The first-order valence-corrected chi connectivity index (χ1v) is 11.4. The van der Waals surface area contributed by atoms with E-state index in [1.165, 1.54) is 0 Å². The van der Waals surface area contributed by atoms with Crippen LogP contribution in [0.5, 0.6) is 0 Å². The van der Waals surface area contributed by atoms with Crippen LogP contribution in [0.1, 0.15) is 59.9 Å². The Morgan fingerprint density at radius 1 is 1.06 bits per heavy atom. The Morgan fingerprint density at radius 3 is 2.18 bits per heavy atom. The summed E-state index contributed by atoms with van der Waals surface area (Å²) in [5, 5.41) is 2.56. The van der Waals surface area contributed by atoms with Crippen molar-refractivity contribution in [1.29, 1.82) is 0 Å². The molecule has 1 aliphatic rings. The lowest BCUT2D eigenvalue weighted by molar-refractivity contribution is -0.163. The van der Waals surface area contributed by atoms with Gasteiger partial charge in [0.25, 0.3) is 0 Å². The molecule has 0 unspecified atom stereocenters. The van der Waals surface area contributed by atoms with E-state index in [1.807, 2.05) is 30.3 Å². The summed E-state index contributed by atoms with van der Waals surface area (Å²) < 4.78 is 16.2. The van der Waals surface area contributed by atoms with Gasteiger partial charge in [0.05, 0.1) is 4.99 Å². The molecule has 1 heterocycles. The first-order valence-electron chi connectivity index (χ1n) is 11.0. The molecule has 0 spiro atoms. The number of benzene rings is 1. The summed E-state index contributed by atoms with van der Waals surface area (Å²) in [6, 6.07) is 7.65. The van der Waals surface area contributed by atoms with Gasteiger partial charge in [-0.2, -0.15) is 0 Å². The number of carbonyl (C=O) groups excluding carboxylic acids is 3. The zero-order valence-corrected chi connectivity index (χ0v) is 21.0. The predicted molar refractivity (Wildman–Crippen MR) is 128 cm³/mol. The molecule has 0 saturated carbocycles. The molecule has 1 aromatic rings. The van der Waals surface area contributed by atoms with Crippen LogP contribution >= 0.6 is 12.2 Å². The van der Waals surface area contributed by atoms with Crippen LogP contribution in [0.4, 0.5) is 4.79 Å². The molecule has 0 aliphatic carbocycles. The number of alkyl carbamates (subject to hydrolysis) is 1. The Hall–Kier alpha value is -2.68. The molecular weight excluding hydrogens is 444 g/mol. The van der Waals surface area contributed by atoms with Crippen molar-refractivity contribution in [3.63, 3.8) is 0 Å². The first kappa shape index (κ1) is 26.6. The number of nitrogens with zero attached hydrogens (tertiary/aromatic N) is 1. The van der Waals surface area contributed by atoms with Gasteiger partial charge in [-0.05, 0) is 53.5 Å². The Morgan fingerprint density at radius 2 is 1.67 bits per heavy atom. The van der Waals surface area contributed by atoms with E-state index < -0.39 is 35.3 Å². The molecule has 182 valence electrons. The van der Waals surface area contributed by atoms with Crippen molar-refractivity contribution in [3.8, 4) is 0 Å². The summed E-state index contributed by atoms with van der Waals surface area (Å²) in [6.07, 6.45) is -0.146. The lowest BCUT2D eigenvalue weighted by atomic mass is 10.0. The second kappa shape index (κ2) is 11.0. The third-order valence-corrected chi connectivity index (χ3v) is 4.99. The van der Waals surface area contributed by atoms with E-state index in [0.717, 1.165) is 5.56 Å². The number of ether oxygens (including phenoxy) is 3. The quantitative estimate of drug-likeness (QED) is 0.360. The van der Waals surface area contributed by atoms with Gasteiger partial charge in [0.2, 0.25) is 0 Å². The highest BCUT2D eigenvalue weighted by Crippen LogP contribution is 2.24. The third kappa shape index (κ3) is 9.00. The summed E-state index contributed by atoms with van der Waals surface area (Å²) in [6.45, 7) is 11.3. The fraction of sp³-hybridized carbons (Fsp3) is 0.583. The van der Waals surface area contributed by atoms with Gasteiger partial charge in [0.1, 0.15) is 29.9 Å². The molecular formula is C24H34N2O6S. The molecule has 1 saturated heterocycles. The molecule has 8 nitrogen and oxygen atoms in total. The summed E-state index contributed by atoms with van der Waals surface area (Å²) in [5.41, 5.74) is -0.538. The van der Waals surface area contributed by atoms with Crippen molar-refractivity contribution in [2.45, 2.75) is 84.3 Å². The van der Waals surface area contributed by atoms with Crippen LogP contribution in [0.3, 0.4) is 0 Å². The van der Waals surface area contributed by atoms with E-state index in [0.29, 0.717) is 18.0 Å². The molecule has 2 atom stereocenters. The Balaban J connectivity index is 2.02. The fourth-order valence-electron chi connectivity index (χ4n) is 3.07. The van der Waals surface area contributed by atoms with E-state index in [4.69, 9.17) is 26.4 Å². The number of thiocarbonyl (C=S) groups is 1. The summed E-state index contributed by atoms with van der Waals surface area (Å²) in [5.74, 6) is -0.990. The SMILES string of the molecule is CC(C)(C)OC(=O)[C@H](CC(=S)N1CC[C@H]1C(=O)OC(C)(C)C)NC(=O)OCc1ccccc1. The normalized spacial score (nSPS) is 16.8. The number of amides is 1. The van der Waals surface area contributed by atoms with Gasteiger partial charge in [-0.3, -0.25) is 0 Å². The number of nitrogens with one attached hydrogen (secondary N) is 1. The maximum Gasteiger partial charge on any atom is 0.408 e. The first-order chi connectivity index (χ1) is 15.2. The topological polar surface area (TPSA) is 94.2 Å². The van der Waals surface area contributed by atoms with E-state index >= 15 is 0 Å². The van der Waals surface area contributed by atoms with Crippen molar-refractivity contribution in [2.24, 2.45) is 0 Å². The van der Waals surface area contributed by atoms with Gasteiger partial charge >= 0.3 is 18.0 Å². The largest absolute Gasteiger partial charge is 0.458 e. The number of rotatable bonds is 7. The Bertz CT molecular complexity index is 860. The second-order valence-corrected chi connectivity index (χ2v) is 10.4. The third-order valence-electron chi connectivity index (χ3n) is 4.59. The number of likely N-dealkylation sites (tertiary alicyclic amines) is 1. The van der Waals surface area contributed by atoms with E-state index in [9.17, 15) is 14.4 Å². The van der Waals surface area contributed by atoms with Crippen LogP contribution < -0.4 is 5.32 Å². The van der Waals surface area contributed by atoms with Crippen LogP contribution in [-0.4, -0.2) is 57.8 Å². The second-order valence-electron chi connectivity index (χ2n) is 9.92. The molecule has 1 aromatic carbocycles. The highest BCUT2D eigenvalue weighted by Gasteiger charge is 2.40. The molecule has 2 rings (SSSR count). The Labute approximate surface area is 200 Å². The molecule has 1 N–H and O–H groups in total.